The van der Waals surface area contributed by atoms with Crippen LogP contribution in [0.2, 0.25) is 0 Å². The van der Waals surface area contributed by atoms with Gasteiger partial charge in [0, 0.05) is 19.2 Å². The van der Waals surface area contributed by atoms with Gasteiger partial charge in [-0.05, 0) is 50.8 Å². The number of hydrogen-bond donors (Lipinski definition) is 1. The fourth-order valence-corrected chi connectivity index (χ4v) is 3.85. The van der Waals surface area contributed by atoms with E-state index in [4.69, 9.17) is 5.11 Å². The summed E-state index contributed by atoms with van der Waals surface area (Å²) in [5.41, 5.74) is 1.05. The molecule has 0 radical (unpaired) electrons. The molecule has 20 heavy (non-hydrogen) atoms. The van der Waals surface area contributed by atoms with Crippen molar-refractivity contribution in [3.63, 3.8) is 0 Å². The Balaban J connectivity index is 2.96. The summed E-state index contributed by atoms with van der Waals surface area (Å²) in [6, 6.07) is 6.93. The van der Waals surface area contributed by atoms with E-state index in [1.165, 1.54) is 4.31 Å². The van der Waals surface area contributed by atoms with Crippen molar-refractivity contribution in [1.29, 1.82) is 0 Å². The minimum absolute atomic E-state index is 0.0472. The third kappa shape index (κ3) is 4.30. The molecule has 0 aromatic heterocycles. The standard InChI is InChI=1S/C15H25NO3S/c1-4-11-16(13(2)3)20(18,19)15-9-7-14(8-10-15)6-5-12-17/h7-10,13,17H,4-6,11-12H2,1-3H3. The van der Waals surface area contributed by atoms with Crippen LogP contribution in [0.1, 0.15) is 39.2 Å². The van der Waals surface area contributed by atoms with Crippen LogP contribution in [0.3, 0.4) is 0 Å². The zero-order valence-electron chi connectivity index (χ0n) is 12.5. The molecule has 0 amide bonds. The molecule has 0 fully saturated rings. The highest BCUT2D eigenvalue weighted by atomic mass is 32.2. The van der Waals surface area contributed by atoms with Gasteiger partial charge in [0.1, 0.15) is 0 Å². The fraction of sp³-hybridized carbons (Fsp3) is 0.600. The van der Waals surface area contributed by atoms with Gasteiger partial charge in [-0.1, -0.05) is 19.1 Å². The SMILES string of the molecule is CCCN(C(C)C)S(=O)(=O)c1ccc(CCCO)cc1. The van der Waals surface area contributed by atoms with Gasteiger partial charge >= 0.3 is 0 Å². The average molecular weight is 299 g/mol. The van der Waals surface area contributed by atoms with Gasteiger partial charge in [0.25, 0.3) is 0 Å². The van der Waals surface area contributed by atoms with Crippen LogP contribution in [-0.4, -0.2) is 37.0 Å². The summed E-state index contributed by atoms with van der Waals surface area (Å²) < 4.78 is 26.7. The predicted octanol–water partition coefficient (Wildman–Crippen LogP) is 2.42. The summed E-state index contributed by atoms with van der Waals surface area (Å²) >= 11 is 0. The number of hydrogen-bond acceptors (Lipinski definition) is 3. The molecule has 1 N–H and O–H groups in total. The van der Waals surface area contributed by atoms with E-state index in [0.29, 0.717) is 17.9 Å². The molecule has 1 rings (SSSR count). The van der Waals surface area contributed by atoms with Crippen LogP contribution in [0.4, 0.5) is 0 Å². The number of sulfonamides is 1. The number of aliphatic hydroxyl groups is 1. The van der Waals surface area contributed by atoms with Gasteiger partial charge in [-0.2, -0.15) is 4.31 Å². The summed E-state index contributed by atoms with van der Waals surface area (Å²) in [6.07, 6.45) is 2.26. The highest BCUT2D eigenvalue weighted by molar-refractivity contribution is 7.89. The lowest BCUT2D eigenvalue weighted by Crippen LogP contribution is -2.37. The van der Waals surface area contributed by atoms with E-state index in [-0.39, 0.29) is 12.6 Å². The van der Waals surface area contributed by atoms with Crippen LogP contribution in [0, 0.1) is 0 Å². The first-order valence-corrected chi connectivity index (χ1v) is 8.59. The van der Waals surface area contributed by atoms with Crippen molar-refractivity contribution in [3.05, 3.63) is 29.8 Å². The molecule has 0 aliphatic heterocycles. The molecular weight excluding hydrogens is 274 g/mol. The Morgan fingerprint density at radius 1 is 1.20 bits per heavy atom. The molecule has 1 aromatic carbocycles. The zero-order valence-corrected chi connectivity index (χ0v) is 13.4. The second kappa shape index (κ2) is 7.76. The minimum Gasteiger partial charge on any atom is -0.396 e. The lowest BCUT2D eigenvalue weighted by atomic mass is 10.1. The molecular formula is C15H25NO3S. The molecule has 0 aliphatic rings. The van der Waals surface area contributed by atoms with Gasteiger partial charge in [0.05, 0.1) is 4.90 Å². The highest BCUT2D eigenvalue weighted by Gasteiger charge is 2.25. The first-order chi connectivity index (χ1) is 9.43. The van der Waals surface area contributed by atoms with Crippen molar-refractivity contribution < 1.29 is 13.5 Å². The number of nitrogens with zero attached hydrogens (tertiary/aromatic N) is 1. The summed E-state index contributed by atoms with van der Waals surface area (Å²) in [7, 11) is -3.42. The quantitative estimate of drug-likeness (QED) is 0.802. The van der Waals surface area contributed by atoms with E-state index < -0.39 is 10.0 Å². The van der Waals surface area contributed by atoms with E-state index in [9.17, 15) is 8.42 Å². The van der Waals surface area contributed by atoms with Crippen molar-refractivity contribution in [3.8, 4) is 0 Å². The van der Waals surface area contributed by atoms with Crippen LogP contribution in [0.25, 0.3) is 0 Å². The molecule has 0 bridgehead atoms. The monoisotopic (exact) mass is 299 g/mol. The number of benzene rings is 1. The van der Waals surface area contributed by atoms with Crippen molar-refractivity contribution in [1.82, 2.24) is 4.31 Å². The smallest absolute Gasteiger partial charge is 0.243 e. The molecule has 0 heterocycles. The van der Waals surface area contributed by atoms with Gasteiger partial charge in [0.2, 0.25) is 10.0 Å². The average Bonchev–Trinajstić information content (AvgIpc) is 2.42. The molecule has 0 saturated carbocycles. The topological polar surface area (TPSA) is 57.6 Å². The fourth-order valence-electron chi connectivity index (χ4n) is 2.12. The maximum absolute atomic E-state index is 12.6. The number of rotatable bonds is 8. The van der Waals surface area contributed by atoms with Crippen LogP contribution in [0.5, 0.6) is 0 Å². The predicted molar refractivity (Wildman–Crippen MR) is 81.2 cm³/mol. The van der Waals surface area contributed by atoms with Gasteiger partial charge in [0.15, 0.2) is 0 Å². The van der Waals surface area contributed by atoms with Crippen molar-refractivity contribution in [2.45, 2.75) is 51.0 Å². The number of aliphatic hydroxyl groups excluding tert-OH is 1. The highest BCUT2D eigenvalue weighted by Crippen LogP contribution is 2.19. The Kier molecular flexibility index (Phi) is 6.65. The molecule has 4 nitrogen and oxygen atoms in total. The third-order valence-corrected chi connectivity index (χ3v) is 5.26. The third-order valence-electron chi connectivity index (χ3n) is 3.17. The van der Waals surface area contributed by atoms with E-state index in [2.05, 4.69) is 0 Å². The minimum atomic E-state index is -3.42. The molecule has 1 aromatic rings. The van der Waals surface area contributed by atoms with Crippen molar-refractivity contribution in [2.75, 3.05) is 13.2 Å². The van der Waals surface area contributed by atoms with Crippen molar-refractivity contribution >= 4 is 10.0 Å². The largest absolute Gasteiger partial charge is 0.396 e. The van der Waals surface area contributed by atoms with Crippen LogP contribution >= 0.6 is 0 Å². The molecule has 0 unspecified atom stereocenters. The second-order valence-corrected chi connectivity index (χ2v) is 7.07. The van der Waals surface area contributed by atoms with E-state index in [1.54, 1.807) is 12.1 Å². The van der Waals surface area contributed by atoms with Gasteiger partial charge in [-0.3, -0.25) is 0 Å². The number of aryl methyl sites for hydroxylation is 1. The van der Waals surface area contributed by atoms with Crippen LogP contribution in [0.15, 0.2) is 29.2 Å². The summed E-state index contributed by atoms with van der Waals surface area (Å²) in [4.78, 5) is 0.340. The lowest BCUT2D eigenvalue weighted by molar-refractivity contribution is 0.288. The lowest BCUT2D eigenvalue weighted by Gasteiger charge is -2.25. The Hall–Kier alpha value is -0.910. The van der Waals surface area contributed by atoms with E-state index in [0.717, 1.165) is 18.4 Å². The Bertz CT molecular complexity index is 494. The summed E-state index contributed by atoms with van der Waals surface area (Å²) in [5.74, 6) is 0. The van der Waals surface area contributed by atoms with Gasteiger partial charge < -0.3 is 5.11 Å². The van der Waals surface area contributed by atoms with Gasteiger partial charge in [-0.15, -0.1) is 0 Å². The molecule has 5 heteroatoms. The van der Waals surface area contributed by atoms with Crippen LogP contribution in [-0.2, 0) is 16.4 Å². The molecule has 0 saturated heterocycles. The normalized spacial score (nSPS) is 12.3. The summed E-state index contributed by atoms with van der Waals surface area (Å²) in [5, 5.41) is 8.80. The van der Waals surface area contributed by atoms with E-state index in [1.807, 2.05) is 32.9 Å². The molecule has 0 aliphatic carbocycles. The van der Waals surface area contributed by atoms with E-state index >= 15 is 0 Å². The second-order valence-electron chi connectivity index (χ2n) is 5.18. The first kappa shape index (κ1) is 17.1. The Morgan fingerprint density at radius 2 is 1.80 bits per heavy atom. The van der Waals surface area contributed by atoms with Crippen LogP contribution < -0.4 is 0 Å². The molecule has 0 atom stereocenters. The molecule has 0 spiro atoms. The Morgan fingerprint density at radius 3 is 2.25 bits per heavy atom. The van der Waals surface area contributed by atoms with Crippen molar-refractivity contribution in [2.24, 2.45) is 0 Å². The maximum atomic E-state index is 12.6. The first-order valence-electron chi connectivity index (χ1n) is 7.15. The maximum Gasteiger partial charge on any atom is 0.243 e. The Labute approximate surface area is 122 Å². The molecule has 114 valence electrons. The zero-order chi connectivity index (χ0) is 15.2. The summed E-state index contributed by atoms with van der Waals surface area (Å²) in [6.45, 7) is 6.44. The van der Waals surface area contributed by atoms with Gasteiger partial charge in [-0.25, -0.2) is 8.42 Å².